The topological polar surface area (TPSA) is 97.0 Å². The number of carbonyl (C=O) groups excluding carboxylic acids is 1. The smallest absolute Gasteiger partial charge is 0.343 e. The lowest BCUT2D eigenvalue weighted by Crippen LogP contribution is -2.12. The third kappa shape index (κ3) is 3.19. The van der Waals surface area contributed by atoms with Crippen LogP contribution in [0.4, 0.5) is 0 Å². The first-order chi connectivity index (χ1) is 13.5. The molecule has 0 saturated heterocycles. The summed E-state index contributed by atoms with van der Waals surface area (Å²) < 4.78 is 10.9. The molecule has 1 aromatic heterocycles. The highest BCUT2D eigenvalue weighted by Gasteiger charge is 2.18. The van der Waals surface area contributed by atoms with E-state index in [1.165, 1.54) is 30.5 Å². The van der Waals surface area contributed by atoms with E-state index in [2.05, 4.69) is 0 Å². The lowest BCUT2D eigenvalue weighted by atomic mass is 10.0. The van der Waals surface area contributed by atoms with Crippen molar-refractivity contribution in [1.29, 1.82) is 0 Å². The van der Waals surface area contributed by atoms with Crippen molar-refractivity contribution in [3.8, 4) is 28.4 Å². The summed E-state index contributed by atoms with van der Waals surface area (Å²) in [4.78, 5) is 25.5. The van der Waals surface area contributed by atoms with E-state index in [0.29, 0.717) is 11.1 Å². The summed E-state index contributed by atoms with van der Waals surface area (Å²) in [6.45, 7) is 0. The van der Waals surface area contributed by atoms with Crippen molar-refractivity contribution >= 4 is 16.9 Å². The van der Waals surface area contributed by atoms with E-state index >= 15 is 0 Å². The van der Waals surface area contributed by atoms with Crippen molar-refractivity contribution in [3.63, 3.8) is 0 Å². The monoisotopic (exact) mass is 374 g/mol. The Morgan fingerprint density at radius 3 is 2.32 bits per heavy atom. The van der Waals surface area contributed by atoms with Crippen LogP contribution in [0.3, 0.4) is 0 Å². The maximum Gasteiger partial charge on any atom is 0.343 e. The molecular formula is C22H14O6. The Hall–Kier alpha value is -4.06. The molecule has 6 heteroatoms. The molecule has 4 rings (SSSR count). The molecule has 0 spiro atoms. The summed E-state index contributed by atoms with van der Waals surface area (Å²) in [5.41, 5.74) is 0.723. The van der Waals surface area contributed by atoms with Crippen LogP contribution in [0, 0.1) is 0 Å². The highest BCUT2D eigenvalue weighted by molar-refractivity contribution is 5.95. The van der Waals surface area contributed by atoms with Crippen LogP contribution in [0.15, 0.2) is 82.2 Å². The highest BCUT2D eigenvalue weighted by atomic mass is 16.5. The van der Waals surface area contributed by atoms with Gasteiger partial charge in [0.05, 0.1) is 11.1 Å². The van der Waals surface area contributed by atoms with Gasteiger partial charge in [-0.15, -0.1) is 0 Å². The van der Waals surface area contributed by atoms with E-state index in [-0.39, 0.29) is 33.8 Å². The van der Waals surface area contributed by atoms with Crippen molar-refractivity contribution in [2.75, 3.05) is 0 Å². The first kappa shape index (κ1) is 17.4. The largest absolute Gasteiger partial charge is 0.508 e. The highest BCUT2D eigenvalue weighted by Crippen LogP contribution is 2.31. The number of aromatic hydroxyl groups is 2. The predicted octanol–water partition coefficient (Wildman–Crippen LogP) is 4.09. The molecule has 2 N–H and O–H groups in total. The number of fused-ring (bicyclic) bond motifs is 1. The molecule has 0 bridgehead atoms. The Bertz CT molecular complexity index is 1220. The van der Waals surface area contributed by atoms with Crippen LogP contribution >= 0.6 is 0 Å². The Morgan fingerprint density at radius 2 is 1.61 bits per heavy atom. The summed E-state index contributed by atoms with van der Waals surface area (Å²) >= 11 is 0. The van der Waals surface area contributed by atoms with Gasteiger partial charge in [-0.05, 0) is 29.8 Å². The molecule has 0 amide bonds. The van der Waals surface area contributed by atoms with Crippen LogP contribution in [0.2, 0.25) is 0 Å². The van der Waals surface area contributed by atoms with Crippen LogP contribution in [-0.4, -0.2) is 16.2 Å². The Morgan fingerprint density at radius 1 is 0.893 bits per heavy atom. The fraction of sp³-hybridized carbons (Fsp3) is 0. The number of esters is 1. The maximum absolute atomic E-state index is 13.1. The van der Waals surface area contributed by atoms with Crippen molar-refractivity contribution < 1.29 is 24.2 Å². The first-order valence-corrected chi connectivity index (χ1v) is 8.38. The van der Waals surface area contributed by atoms with Gasteiger partial charge in [0.25, 0.3) is 0 Å². The molecule has 28 heavy (non-hydrogen) atoms. The van der Waals surface area contributed by atoms with Crippen molar-refractivity contribution in [1.82, 2.24) is 0 Å². The number of hydrogen-bond acceptors (Lipinski definition) is 6. The van der Waals surface area contributed by atoms with E-state index < -0.39 is 11.4 Å². The number of hydrogen-bond donors (Lipinski definition) is 2. The van der Waals surface area contributed by atoms with E-state index in [1.54, 1.807) is 42.5 Å². The van der Waals surface area contributed by atoms with Gasteiger partial charge in [0.2, 0.25) is 5.43 Å². The molecule has 0 atom stereocenters. The number of phenols is 2. The zero-order valence-electron chi connectivity index (χ0n) is 14.5. The minimum atomic E-state index is -0.665. The predicted molar refractivity (Wildman–Crippen MR) is 103 cm³/mol. The molecule has 3 aromatic carbocycles. The summed E-state index contributed by atoms with van der Waals surface area (Å²) in [6.07, 6.45) is 1.26. The SMILES string of the molecule is O=C(Oc1cc(O)cc2occ(-c3ccc(O)cc3)c(=O)c12)c1ccccc1. The van der Waals surface area contributed by atoms with E-state index in [0.717, 1.165) is 0 Å². The second-order valence-corrected chi connectivity index (χ2v) is 6.10. The first-order valence-electron chi connectivity index (χ1n) is 8.38. The quantitative estimate of drug-likeness (QED) is 0.414. The average molecular weight is 374 g/mol. The normalized spacial score (nSPS) is 10.7. The molecule has 4 aromatic rings. The van der Waals surface area contributed by atoms with E-state index in [4.69, 9.17) is 9.15 Å². The number of phenolic OH excluding ortho intramolecular Hbond substituents is 2. The van der Waals surface area contributed by atoms with Gasteiger partial charge in [-0.2, -0.15) is 0 Å². The second kappa shape index (κ2) is 6.92. The summed E-state index contributed by atoms with van der Waals surface area (Å²) in [5.74, 6) is -0.902. The number of ether oxygens (including phenoxy) is 1. The van der Waals surface area contributed by atoms with Gasteiger partial charge in [0, 0.05) is 12.1 Å². The minimum absolute atomic E-state index is 0.0349. The fourth-order valence-electron chi connectivity index (χ4n) is 2.86. The third-order valence-corrected chi connectivity index (χ3v) is 4.22. The van der Waals surface area contributed by atoms with Crippen LogP contribution < -0.4 is 10.2 Å². The van der Waals surface area contributed by atoms with Gasteiger partial charge < -0.3 is 19.4 Å². The Kier molecular flexibility index (Phi) is 4.29. The summed E-state index contributed by atoms with van der Waals surface area (Å²) in [6, 6.07) is 16.8. The second-order valence-electron chi connectivity index (χ2n) is 6.10. The Labute approximate surface area is 158 Å². The zero-order valence-corrected chi connectivity index (χ0v) is 14.5. The standard InChI is InChI=1S/C22H14O6/c23-15-8-6-13(7-9-15)17-12-27-18-10-16(24)11-19(20(18)21(17)25)28-22(26)14-4-2-1-3-5-14/h1-12,23-24H. The number of rotatable bonds is 3. The lowest BCUT2D eigenvalue weighted by molar-refractivity contribution is 0.0737. The van der Waals surface area contributed by atoms with Crippen molar-refractivity contribution in [2.24, 2.45) is 0 Å². The van der Waals surface area contributed by atoms with Crippen LogP contribution in [0.25, 0.3) is 22.1 Å². The Balaban J connectivity index is 1.86. The molecule has 0 aliphatic heterocycles. The number of benzene rings is 3. The molecular weight excluding hydrogens is 360 g/mol. The van der Waals surface area contributed by atoms with Crippen molar-refractivity contribution in [2.45, 2.75) is 0 Å². The molecule has 0 aliphatic carbocycles. The van der Waals surface area contributed by atoms with Crippen LogP contribution in [0.5, 0.6) is 17.2 Å². The average Bonchev–Trinajstić information content (AvgIpc) is 2.69. The van der Waals surface area contributed by atoms with Crippen molar-refractivity contribution in [3.05, 3.63) is 88.8 Å². The van der Waals surface area contributed by atoms with Gasteiger partial charge in [-0.1, -0.05) is 30.3 Å². The molecule has 0 saturated carbocycles. The zero-order chi connectivity index (χ0) is 19.7. The molecule has 1 heterocycles. The van der Waals surface area contributed by atoms with Gasteiger partial charge in [-0.3, -0.25) is 4.79 Å². The van der Waals surface area contributed by atoms with Gasteiger partial charge in [0.1, 0.15) is 34.5 Å². The third-order valence-electron chi connectivity index (χ3n) is 4.22. The van der Waals surface area contributed by atoms with Gasteiger partial charge >= 0.3 is 5.97 Å². The number of carbonyl (C=O) groups is 1. The maximum atomic E-state index is 13.1. The molecule has 0 fully saturated rings. The van der Waals surface area contributed by atoms with Gasteiger partial charge in [0.15, 0.2) is 0 Å². The van der Waals surface area contributed by atoms with Crippen LogP contribution in [-0.2, 0) is 0 Å². The fourth-order valence-corrected chi connectivity index (χ4v) is 2.86. The minimum Gasteiger partial charge on any atom is -0.508 e. The molecule has 0 aliphatic rings. The summed E-state index contributed by atoms with van der Waals surface area (Å²) in [7, 11) is 0. The lowest BCUT2D eigenvalue weighted by Gasteiger charge is -2.09. The van der Waals surface area contributed by atoms with Crippen LogP contribution in [0.1, 0.15) is 10.4 Å². The molecule has 0 radical (unpaired) electrons. The molecule has 6 nitrogen and oxygen atoms in total. The molecule has 138 valence electrons. The summed E-state index contributed by atoms with van der Waals surface area (Å²) in [5, 5.41) is 19.4. The van der Waals surface area contributed by atoms with E-state index in [1.807, 2.05) is 0 Å². The molecule has 0 unspecified atom stereocenters. The van der Waals surface area contributed by atoms with E-state index in [9.17, 15) is 19.8 Å². The van der Waals surface area contributed by atoms with Gasteiger partial charge in [-0.25, -0.2) is 4.79 Å².